The first-order chi connectivity index (χ1) is 15.6. The van der Waals surface area contributed by atoms with Crippen LogP contribution < -0.4 is 4.90 Å². The number of hydrogen-bond donors (Lipinski definition) is 0. The second-order valence-corrected chi connectivity index (χ2v) is 8.37. The number of anilines is 1. The molecule has 0 aliphatic carbocycles. The van der Waals surface area contributed by atoms with Gasteiger partial charge in [-0.2, -0.15) is 0 Å². The van der Waals surface area contributed by atoms with E-state index in [0.29, 0.717) is 30.5 Å². The highest BCUT2D eigenvalue weighted by Gasteiger charge is 2.30. The third-order valence-electron chi connectivity index (χ3n) is 5.83. The van der Waals surface area contributed by atoms with E-state index >= 15 is 0 Å². The first-order valence-corrected chi connectivity index (χ1v) is 10.9. The molecule has 0 saturated carbocycles. The van der Waals surface area contributed by atoms with Crippen LogP contribution in [0.3, 0.4) is 0 Å². The molecule has 4 aromatic rings. The van der Waals surface area contributed by atoms with E-state index in [1.54, 1.807) is 7.11 Å². The molecule has 8 nitrogen and oxygen atoms in total. The van der Waals surface area contributed by atoms with Gasteiger partial charge in [-0.05, 0) is 43.3 Å². The Hall–Kier alpha value is -3.23. The molecule has 1 aliphatic heterocycles. The molecule has 3 heterocycles. The Bertz CT molecular complexity index is 1290. The summed E-state index contributed by atoms with van der Waals surface area (Å²) in [6, 6.07) is 15.5. The van der Waals surface area contributed by atoms with Gasteiger partial charge in [0.25, 0.3) is 0 Å². The van der Waals surface area contributed by atoms with Crippen LogP contribution in [0, 0.1) is 0 Å². The minimum Gasteiger partial charge on any atom is -0.375 e. The van der Waals surface area contributed by atoms with Crippen molar-refractivity contribution in [2.24, 2.45) is 0 Å². The van der Waals surface area contributed by atoms with Gasteiger partial charge in [-0.15, -0.1) is 10.2 Å². The standard InChI is InChI=1S/C23H23ClN6O2/c1-15-13-28(11-12-29(15)20(31)14-32-2)23-25-19-6-4-3-5-18(19)22-27-26-21(30(22)23)16-7-9-17(24)10-8-16/h3-10,15H,11-14H2,1-2H3/t15-/m1/s1. The van der Waals surface area contributed by atoms with Crippen LogP contribution in [0.15, 0.2) is 48.5 Å². The van der Waals surface area contributed by atoms with E-state index in [2.05, 4.69) is 15.1 Å². The van der Waals surface area contributed by atoms with Crippen LogP contribution in [0.2, 0.25) is 5.02 Å². The van der Waals surface area contributed by atoms with Gasteiger partial charge in [-0.3, -0.25) is 4.79 Å². The number of fused-ring (bicyclic) bond motifs is 3. The number of aromatic nitrogens is 4. The highest BCUT2D eigenvalue weighted by atomic mass is 35.5. The quantitative estimate of drug-likeness (QED) is 0.475. The number of amides is 1. The van der Waals surface area contributed by atoms with E-state index in [0.717, 1.165) is 28.1 Å². The lowest BCUT2D eigenvalue weighted by molar-refractivity contribution is -0.137. The lowest BCUT2D eigenvalue weighted by atomic mass is 10.2. The number of carbonyl (C=O) groups excluding carboxylic acids is 1. The molecule has 1 saturated heterocycles. The van der Waals surface area contributed by atoms with Crippen LogP contribution in [0.5, 0.6) is 0 Å². The van der Waals surface area contributed by atoms with Crippen LogP contribution >= 0.6 is 11.6 Å². The van der Waals surface area contributed by atoms with Crippen LogP contribution in [-0.2, 0) is 9.53 Å². The predicted molar refractivity (Wildman–Crippen MR) is 124 cm³/mol. The van der Waals surface area contributed by atoms with Crippen molar-refractivity contribution in [3.05, 3.63) is 53.6 Å². The van der Waals surface area contributed by atoms with Crippen LogP contribution in [0.1, 0.15) is 6.92 Å². The number of piperazine rings is 1. The average molecular weight is 451 g/mol. The lowest BCUT2D eigenvalue weighted by Crippen LogP contribution is -2.55. The summed E-state index contributed by atoms with van der Waals surface area (Å²) >= 11 is 6.10. The molecule has 9 heteroatoms. The third-order valence-corrected chi connectivity index (χ3v) is 6.08. The Kier molecular flexibility index (Phi) is 5.40. The summed E-state index contributed by atoms with van der Waals surface area (Å²) in [7, 11) is 1.54. The summed E-state index contributed by atoms with van der Waals surface area (Å²) in [5, 5.41) is 10.6. The largest absolute Gasteiger partial charge is 0.375 e. The Morgan fingerprint density at radius 2 is 1.91 bits per heavy atom. The molecular weight excluding hydrogens is 428 g/mol. The molecule has 2 aromatic heterocycles. The van der Waals surface area contributed by atoms with Gasteiger partial charge in [-0.25, -0.2) is 9.38 Å². The van der Waals surface area contributed by atoms with Crippen molar-refractivity contribution >= 4 is 40.0 Å². The van der Waals surface area contributed by atoms with Crippen LogP contribution in [-0.4, -0.2) is 69.8 Å². The van der Waals surface area contributed by atoms with Crippen molar-refractivity contribution in [1.82, 2.24) is 24.5 Å². The van der Waals surface area contributed by atoms with E-state index in [-0.39, 0.29) is 18.6 Å². The number of para-hydroxylation sites is 1. The number of ether oxygens (including phenoxy) is 1. The number of halogens is 1. The molecule has 1 aliphatic rings. The normalized spacial score (nSPS) is 16.8. The fraction of sp³-hybridized carbons (Fsp3) is 0.304. The van der Waals surface area contributed by atoms with Gasteiger partial charge < -0.3 is 14.5 Å². The zero-order valence-electron chi connectivity index (χ0n) is 17.9. The summed E-state index contributed by atoms with van der Waals surface area (Å²) in [5.74, 6) is 1.47. The number of benzene rings is 2. The summed E-state index contributed by atoms with van der Waals surface area (Å²) in [5.41, 5.74) is 2.51. The molecule has 5 rings (SSSR count). The Morgan fingerprint density at radius 1 is 1.12 bits per heavy atom. The SMILES string of the molecule is COCC(=O)N1CCN(c2nc3ccccc3c3nnc(-c4ccc(Cl)cc4)n23)C[C@H]1C. The maximum absolute atomic E-state index is 12.4. The highest BCUT2D eigenvalue weighted by Crippen LogP contribution is 2.30. The van der Waals surface area contributed by atoms with Gasteiger partial charge in [0.2, 0.25) is 11.9 Å². The number of methoxy groups -OCH3 is 1. The Morgan fingerprint density at radius 3 is 2.66 bits per heavy atom. The van der Waals surface area contributed by atoms with E-state index in [4.69, 9.17) is 21.3 Å². The molecule has 2 aromatic carbocycles. The number of rotatable bonds is 4. The molecule has 0 unspecified atom stereocenters. The number of hydrogen-bond acceptors (Lipinski definition) is 6. The van der Waals surface area contributed by atoms with Gasteiger partial charge in [0.05, 0.1) is 5.52 Å². The number of nitrogens with zero attached hydrogens (tertiary/aromatic N) is 6. The van der Waals surface area contributed by atoms with Crippen molar-refractivity contribution in [2.45, 2.75) is 13.0 Å². The van der Waals surface area contributed by atoms with Crippen molar-refractivity contribution in [1.29, 1.82) is 0 Å². The first-order valence-electron chi connectivity index (χ1n) is 10.5. The molecule has 0 bridgehead atoms. The molecular formula is C23H23ClN6O2. The fourth-order valence-corrected chi connectivity index (χ4v) is 4.41. The van der Waals surface area contributed by atoms with Crippen molar-refractivity contribution in [3.8, 4) is 11.4 Å². The minimum atomic E-state index is 0.00224. The van der Waals surface area contributed by atoms with Crippen molar-refractivity contribution in [2.75, 3.05) is 38.3 Å². The molecule has 32 heavy (non-hydrogen) atoms. The summed E-state index contributed by atoms with van der Waals surface area (Å²) in [4.78, 5) is 21.5. The van der Waals surface area contributed by atoms with Crippen molar-refractivity contribution < 1.29 is 9.53 Å². The van der Waals surface area contributed by atoms with E-state index in [1.807, 2.05) is 64.8 Å². The zero-order valence-corrected chi connectivity index (χ0v) is 18.7. The molecule has 1 fully saturated rings. The van der Waals surface area contributed by atoms with Gasteiger partial charge in [0, 0.05) is 48.8 Å². The number of carbonyl (C=O) groups is 1. The molecule has 0 radical (unpaired) electrons. The maximum atomic E-state index is 12.4. The van der Waals surface area contributed by atoms with Gasteiger partial charge in [-0.1, -0.05) is 23.7 Å². The minimum absolute atomic E-state index is 0.00224. The molecule has 164 valence electrons. The van der Waals surface area contributed by atoms with E-state index in [9.17, 15) is 4.79 Å². The highest BCUT2D eigenvalue weighted by molar-refractivity contribution is 6.30. The van der Waals surface area contributed by atoms with E-state index < -0.39 is 0 Å². The smallest absolute Gasteiger partial charge is 0.248 e. The molecule has 0 spiro atoms. The van der Waals surface area contributed by atoms with Gasteiger partial charge in [0.15, 0.2) is 11.5 Å². The Balaban J connectivity index is 1.62. The monoisotopic (exact) mass is 450 g/mol. The molecule has 0 N–H and O–H groups in total. The average Bonchev–Trinajstić information content (AvgIpc) is 3.24. The third kappa shape index (κ3) is 3.55. The zero-order chi connectivity index (χ0) is 22.2. The second kappa shape index (κ2) is 8.37. The van der Waals surface area contributed by atoms with E-state index in [1.165, 1.54) is 0 Å². The molecule has 1 atom stereocenters. The fourth-order valence-electron chi connectivity index (χ4n) is 4.28. The van der Waals surface area contributed by atoms with Crippen LogP contribution in [0.4, 0.5) is 5.95 Å². The lowest BCUT2D eigenvalue weighted by Gasteiger charge is -2.40. The summed E-state index contributed by atoms with van der Waals surface area (Å²) < 4.78 is 7.04. The van der Waals surface area contributed by atoms with Crippen molar-refractivity contribution in [3.63, 3.8) is 0 Å². The summed E-state index contributed by atoms with van der Waals surface area (Å²) in [6.45, 7) is 4.03. The van der Waals surface area contributed by atoms with Gasteiger partial charge in [0.1, 0.15) is 6.61 Å². The molecule has 1 amide bonds. The van der Waals surface area contributed by atoms with Gasteiger partial charge >= 0.3 is 0 Å². The topological polar surface area (TPSA) is 75.9 Å². The second-order valence-electron chi connectivity index (χ2n) is 7.93. The Labute approximate surface area is 190 Å². The summed E-state index contributed by atoms with van der Waals surface area (Å²) in [6.07, 6.45) is 0. The van der Waals surface area contributed by atoms with Crippen LogP contribution in [0.25, 0.3) is 27.9 Å². The predicted octanol–water partition coefficient (Wildman–Crippen LogP) is 3.28. The maximum Gasteiger partial charge on any atom is 0.248 e. The first kappa shape index (κ1) is 20.7.